The first-order valence-corrected chi connectivity index (χ1v) is 4.11. The molecule has 1 rings (SSSR count). The topological polar surface area (TPSA) is 97.5 Å². The molecule has 0 aliphatic heterocycles. The van der Waals surface area contributed by atoms with Crippen LogP contribution in [0.15, 0.2) is 18.2 Å². The van der Waals surface area contributed by atoms with Gasteiger partial charge in [0.05, 0.1) is 16.9 Å². The van der Waals surface area contributed by atoms with E-state index in [1.54, 1.807) is 0 Å². The molecule has 0 saturated heterocycles. The van der Waals surface area contributed by atoms with Crippen molar-refractivity contribution in [2.24, 2.45) is 0 Å². The molecule has 0 bridgehead atoms. The summed E-state index contributed by atoms with van der Waals surface area (Å²) >= 11 is 0. The second-order valence-corrected chi connectivity index (χ2v) is 2.90. The smallest absolute Gasteiger partial charge is 0.372 e. The van der Waals surface area contributed by atoms with Crippen molar-refractivity contribution in [3.8, 4) is 0 Å². The van der Waals surface area contributed by atoms with Crippen LogP contribution in [0.5, 0.6) is 0 Å². The van der Waals surface area contributed by atoms with Gasteiger partial charge in [-0.3, -0.25) is 14.9 Å². The summed E-state index contributed by atoms with van der Waals surface area (Å²) in [5, 5.41) is 18.8. The van der Waals surface area contributed by atoms with Gasteiger partial charge < -0.3 is 5.11 Å². The summed E-state index contributed by atoms with van der Waals surface area (Å²) in [6, 6.07) is 3.05. The summed E-state index contributed by atoms with van der Waals surface area (Å²) in [6.45, 7) is 0. The molecule has 0 aliphatic rings. The van der Waals surface area contributed by atoms with E-state index in [9.17, 15) is 24.1 Å². The molecule has 1 aromatic rings. The van der Waals surface area contributed by atoms with E-state index < -0.39 is 40.2 Å². The van der Waals surface area contributed by atoms with E-state index in [0.717, 1.165) is 18.2 Å². The fourth-order valence-corrected chi connectivity index (χ4v) is 1.13. The van der Waals surface area contributed by atoms with Gasteiger partial charge in [0, 0.05) is 6.07 Å². The molecule has 0 unspecified atom stereocenters. The van der Waals surface area contributed by atoms with E-state index >= 15 is 0 Å². The van der Waals surface area contributed by atoms with Gasteiger partial charge in [-0.05, 0) is 6.07 Å². The zero-order valence-electron chi connectivity index (χ0n) is 7.84. The number of carbonyl (C=O) groups is 2. The number of nitro groups is 1. The van der Waals surface area contributed by atoms with Crippen molar-refractivity contribution in [1.29, 1.82) is 0 Å². The molecule has 0 amide bonds. The van der Waals surface area contributed by atoms with E-state index in [4.69, 9.17) is 5.11 Å². The SMILES string of the molecule is O=C(O)C(=O)Cc1c(F)cccc1[N+](=O)[O-]. The molecule has 0 aliphatic carbocycles. The second kappa shape index (κ2) is 4.47. The number of ketones is 1. The molecule has 0 saturated carbocycles. The minimum atomic E-state index is -1.75. The Labute approximate surface area is 88.5 Å². The lowest BCUT2D eigenvalue weighted by Crippen LogP contribution is -2.16. The molecule has 0 spiro atoms. The standard InChI is InChI=1S/C9H6FNO5/c10-6-2-1-3-7(11(15)16)5(6)4-8(12)9(13)14/h1-3H,4H2,(H,13,14). The van der Waals surface area contributed by atoms with Crippen molar-refractivity contribution in [3.63, 3.8) is 0 Å². The fraction of sp³-hybridized carbons (Fsp3) is 0.111. The van der Waals surface area contributed by atoms with Crippen LogP contribution in [0.4, 0.5) is 10.1 Å². The summed E-state index contributed by atoms with van der Waals surface area (Å²) in [5.41, 5.74) is -1.12. The predicted molar refractivity (Wildman–Crippen MR) is 49.4 cm³/mol. The van der Waals surface area contributed by atoms with Gasteiger partial charge in [-0.15, -0.1) is 0 Å². The van der Waals surface area contributed by atoms with Crippen LogP contribution in [0.25, 0.3) is 0 Å². The number of aliphatic carboxylic acids is 1. The number of halogens is 1. The Bertz CT molecular complexity index is 471. The van der Waals surface area contributed by atoms with Crippen LogP contribution in [0.2, 0.25) is 0 Å². The first kappa shape index (κ1) is 11.8. The number of hydrogen-bond donors (Lipinski definition) is 1. The highest BCUT2D eigenvalue weighted by atomic mass is 19.1. The Kier molecular flexibility index (Phi) is 3.29. The first-order chi connectivity index (χ1) is 7.43. The number of rotatable bonds is 4. The summed E-state index contributed by atoms with van der Waals surface area (Å²) in [5.74, 6) is -4.02. The number of hydrogen-bond acceptors (Lipinski definition) is 4. The number of carboxylic acids is 1. The second-order valence-electron chi connectivity index (χ2n) is 2.90. The predicted octanol–water partition coefficient (Wildman–Crippen LogP) is 0.930. The van der Waals surface area contributed by atoms with Crippen LogP contribution in [0.3, 0.4) is 0 Å². The van der Waals surface area contributed by atoms with Crippen LogP contribution in [0, 0.1) is 15.9 Å². The molecule has 0 heterocycles. The Balaban J connectivity index is 3.16. The van der Waals surface area contributed by atoms with Gasteiger partial charge in [0.2, 0.25) is 5.78 Å². The van der Waals surface area contributed by atoms with E-state index in [0.29, 0.717) is 0 Å². The largest absolute Gasteiger partial charge is 0.475 e. The van der Waals surface area contributed by atoms with Gasteiger partial charge in [-0.2, -0.15) is 0 Å². The van der Waals surface area contributed by atoms with Gasteiger partial charge in [-0.25, -0.2) is 9.18 Å². The molecule has 84 valence electrons. The van der Waals surface area contributed by atoms with Gasteiger partial charge in [0.25, 0.3) is 5.69 Å². The first-order valence-electron chi connectivity index (χ1n) is 4.11. The summed E-state index contributed by atoms with van der Waals surface area (Å²) in [4.78, 5) is 30.7. The Morgan fingerprint density at radius 2 is 2.06 bits per heavy atom. The van der Waals surface area contributed by atoms with Crippen LogP contribution < -0.4 is 0 Å². The zero-order valence-corrected chi connectivity index (χ0v) is 7.84. The molecule has 0 aromatic heterocycles. The minimum Gasteiger partial charge on any atom is -0.475 e. The zero-order chi connectivity index (χ0) is 12.3. The summed E-state index contributed by atoms with van der Waals surface area (Å²) in [6.07, 6.45) is -0.835. The Morgan fingerprint density at radius 3 is 2.56 bits per heavy atom. The molecular weight excluding hydrogens is 221 g/mol. The highest BCUT2D eigenvalue weighted by Gasteiger charge is 2.23. The lowest BCUT2D eigenvalue weighted by molar-refractivity contribution is -0.385. The molecule has 1 N–H and O–H groups in total. The third-order valence-electron chi connectivity index (χ3n) is 1.87. The highest BCUT2D eigenvalue weighted by molar-refractivity contribution is 6.33. The summed E-state index contributed by atoms with van der Waals surface area (Å²) in [7, 11) is 0. The van der Waals surface area contributed by atoms with Gasteiger partial charge >= 0.3 is 5.97 Å². The molecular formula is C9H6FNO5. The van der Waals surface area contributed by atoms with Crippen LogP contribution in [0.1, 0.15) is 5.56 Å². The lowest BCUT2D eigenvalue weighted by Gasteiger charge is -2.01. The van der Waals surface area contributed by atoms with Crippen molar-refractivity contribution >= 4 is 17.4 Å². The molecule has 0 atom stereocenters. The van der Waals surface area contributed by atoms with Gasteiger partial charge in [0.1, 0.15) is 5.82 Å². The summed E-state index contributed by atoms with van der Waals surface area (Å²) < 4.78 is 13.2. The average molecular weight is 227 g/mol. The van der Waals surface area contributed by atoms with Gasteiger partial charge in [-0.1, -0.05) is 6.07 Å². The number of carbonyl (C=O) groups excluding carboxylic acids is 1. The highest BCUT2D eigenvalue weighted by Crippen LogP contribution is 2.21. The van der Waals surface area contributed by atoms with Gasteiger partial charge in [0.15, 0.2) is 0 Å². The molecule has 7 heteroatoms. The fourth-order valence-electron chi connectivity index (χ4n) is 1.13. The van der Waals surface area contributed by atoms with Crippen molar-refractivity contribution in [2.75, 3.05) is 0 Å². The maximum absolute atomic E-state index is 13.2. The van der Waals surface area contributed by atoms with E-state index in [-0.39, 0.29) is 0 Å². The van der Waals surface area contributed by atoms with E-state index in [1.165, 1.54) is 0 Å². The Morgan fingerprint density at radius 1 is 1.44 bits per heavy atom. The lowest BCUT2D eigenvalue weighted by atomic mass is 10.1. The molecule has 1 aromatic carbocycles. The monoisotopic (exact) mass is 227 g/mol. The average Bonchev–Trinajstić information content (AvgIpc) is 2.20. The van der Waals surface area contributed by atoms with Crippen LogP contribution in [-0.2, 0) is 16.0 Å². The number of nitrogens with zero attached hydrogens (tertiary/aromatic N) is 1. The third kappa shape index (κ3) is 2.38. The Hall–Kier alpha value is -2.31. The number of nitro benzene ring substituents is 1. The van der Waals surface area contributed by atoms with Crippen molar-refractivity contribution in [2.45, 2.75) is 6.42 Å². The molecule has 16 heavy (non-hydrogen) atoms. The van der Waals surface area contributed by atoms with Crippen molar-refractivity contribution in [3.05, 3.63) is 39.7 Å². The number of carboxylic acid groups (broad SMARTS) is 1. The van der Waals surface area contributed by atoms with Crippen molar-refractivity contribution in [1.82, 2.24) is 0 Å². The maximum Gasteiger partial charge on any atom is 0.372 e. The van der Waals surface area contributed by atoms with E-state index in [1.807, 2.05) is 0 Å². The quantitative estimate of drug-likeness (QED) is 0.468. The van der Waals surface area contributed by atoms with Crippen molar-refractivity contribution < 1.29 is 24.0 Å². The number of Topliss-reactive ketones (excluding diaryl/α,β-unsaturated/α-hetero) is 1. The molecule has 6 nitrogen and oxygen atoms in total. The van der Waals surface area contributed by atoms with Crippen LogP contribution >= 0.6 is 0 Å². The number of benzene rings is 1. The third-order valence-corrected chi connectivity index (χ3v) is 1.87. The van der Waals surface area contributed by atoms with E-state index in [2.05, 4.69) is 0 Å². The normalized spacial score (nSPS) is 9.81. The minimum absolute atomic E-state index is 0.514. The molecule has 0 fully saturated rings. The molecule has 0 radical (unpaired) electrons. The maximum atomic E-state index is 13.2. The van der Waals surface area contributed by atoms with Crippen LogP contribution in [-0.4, -0.2) is 21.8 Å².